The maximum atomic E-state index is 11.3. The van der Waals surface area contributed by atoms with Gasteiger partial charge in [0.15, 0.2) is 0 Å². The first-order chi connectivity index (χ1) is 10.1. The highest BCUT2D eigenvalue weighted by Crippen LogP contribution is 2.50. The van der Waals surface area contributed by atoms with Gasteiger partial charge in [0.05, 0.1) is 0 Å². The van der Waals surface area contributed by atoms with Crippen molar-refractivity contribution in [1.82, 2.24) is 5.32 Å². The molecular weight excluding hydrogens is 282 g/mol. The summed E-state index contributed by atoms with van der Waals surface area (Å²) in [5.41, 5.74) is 3.14. The topological polar surface area (TPSA) is 38.3 Å². The van der Waals surface area contributed by atoms with E-state index in [1.807, 2.05) is 6.07 Å². The van der Waals surface area contributed by atoms with Gasteiger partial charge in [0, 0.05) is 17.7 Å². The minimum Gasteiger partial charge on any atom is -0.401 e. The minimum absolute atomic E-state index is 0.257. The summed E-state index contributed by atoms with van der Waals surface area (Å²) in [6.45, 7) is 5.71. The van der Waals surface area contributed by atoms with Crippen molar-refractivity contribution in [2.24, 2.45) is 5.92 Å². The standard InChI is InChI=1S/C17H25NO2S/c1-4-14-16-10-12-6-7-13(20-21(3)19)11-15(12)17(14,5-2)8-9-18-16/h6-7,11,14,16,18H,4-5,8-10H2,1-3H3. The Bertz CT molecular complexity index is 560. The molecule has 116 valence electrons. The Morgan fingerprint density at radius 1 is 1.43 bits per heavy atom. The highest BCUT2D eigenvalue weighted by molar-refractivity contribution is 7.79. The average Bonchev–Trinajstić information content (AvgIpc) is 2.46. The second kappa shape index (κ2) is 5.73. The summed E-state index contributed by atoms with van der Waals surface area (Å²) in [6.07, 6.45) is 6.23. The molecule has 4 unspecified atom stereocenters. The predicted octanol–water partition coefficient (Wildman–Crippen LogP) is 2.95. The fourth-order valence-corrected chi connectivity index (χ4v) is 5.04. The van der Waals surface area contributed by atoms with E-state index in [0.717, 1.165) is 25.1 Å². The van der Waals surface area contributed by atoms with Crippen LogP contribution in [0, 0.1) is 5.92 Å². The molecule has 1 aromatic rings. The Hall–Kier alpha value is -0.870. The number of hydrogen-bond acceptors (Lipinski definition) is 3. The number of piperidine rings is 1. The van der Waals surface area contributed by atoms with Gasteiger partial charge in [-0.1, -0.05) is 26.3 Å². The molecule has 0 spiro atoms. The minimum atomic E-state index is -1.26. The lowest BCUT2D eigenvalue weighted by atomic mass is 9.56. The van der Waals surface area contributed by atoms with Gasteiger partial charge in [0.1, 0.15) is 5.75 Å². The van der Waals surface area contributed by atoms with Crippen molar-refractivity contribution in [3.05, 3.63) is 29.3 Å². The molecule has 2 bridgehead atoms. The third kappa shape index (κ3) is 2.42. The summed E-state index contributed by atoms with van der Waals surface area (Å²) in [4.78, 5) is 0. The van der Waals surface area contributed by atoms with Crippen LogP contribution >= 0.6 is 0 Å². The molecule has 1 N–H and O–H groups in total. The van der Waals surface area contributed by atoms with Crippen molar-refractivity contribution in [3.63, 3.8) is 0 Å². The molecule has 1 heterocycles. The lowest BCUT2D eigenvalue weighted by molar-refractivity contribution is 0.117. The van der Waals surface area contributed by atoms with Gasteiger partial charge < -0.3 is 9.50 Å². The zero-order chi connectivity index (χ0) is 15.0. The van der Waals surface area contributed by atoms with Crippen LogP contribution in [0.2, 0.25) is 0 Å². The Morgan fingerprint density at radius 3 is 2.90 bits per heavy atom. The fourth-order valence-electron chi connectivity index (χ4n) is 4.67. The van der Waals surface area contributed by atoms with Crippen LogP contribution in [0.4, 0.5) is 0 Å². The molecule has 1 aliphatic carbocycles. The highest BCUT2D eigenvalue weighted by atomic mass is 32.2. The van der Waals surface area contributed by atoms with Crippen LogP contribution in [-0.4, -0.2) is 23.1 Å². The van der Waals surface area contributed by atoms with Crippen LogP contribution in [0.25, 0.3) is 0 Å². The van der Waals surface area contributed by atoms with E-state index in [2.05, 4.69) is 31.3 Å². The Morgan fingerprint density at radius 2 is 2.24 bits per heavy atom. The first-order valence-electron chi connectivity index (χ1n) is 7.99. The molecule has 4 atom stereocenters. The van der Waals surface area contributed by atoms with Gasteiger partial charge in [-0.3, -0.25) is 0 Å². The maximum Gasteiger partial charge on any atom is 0.203 e. The number of benzene rings is 1. The molecule has 0 amide bonds. The van der Waals surface area contributed by atoms with E-state index in [1.54, 1.807) is 6.26 Å². The first-order valence-corrected chi connectivity index (χ1v) is 9.47. The number of fused-ring (bicyclic) bond motifs is 4. The predicted molar refractivity (Wildman–Crippen MR) is 87.0 cm³/mol. The normalized spacial score (nSPS) is 32.3. The second-order valence-corrected chi connectivity index (χ2v) is 7.31. The van der Waals surface area contributed by atoms with E-state index < -0.39 is 11.1 Å². The SMILES string of the molecule is CCC1C2Cc3ccc(OS(C)=O)cc3C1(CC)CCN2. The van der Waals surface area contributed by atoms with Crippen LogP contribution < -0.4 is 9.50 Å². The van der Waals surface area contributed by atoms with Crippen molar-refractivity contribution < 1.29 is 8.39 Å². The molecule has 3 rings (SSSR count). The van der Waals surface area contributed by atoms with Gasteiger partial charge in [-0.2, -0.15) is 0 Å². The smallest absolute Gasteiger partial charge is 0.203 e. The summed E-state index contributed by atoms with van der Waals surface area (Å²) in [6, 6.07) is 6.90. The number of hydrogen-bond donors (Lipinski definition) is 1. The van der Waals surface area contributed by atoms with Crippen LogP contribution in [0.15, 0.2) is 18.2 Å². The van der Waals surface area contributed by atoms with Crippen molar-refractivity contribution in [3.8, 4) is 5.75 Å². The van der Waals surface area contributed by atoms with Crippen molar-refractivity contribution in [2.45, 2.75) is 51.0 Å². The third-order valence-electron chi connectivity index (χ3n) is 5.51. The molecule has 4 heteroatoms. The van der Waals surface area contributed by atoms with Crippen molar-refractivity contribution >= 4 is 11.1 Å². The molecule has 1 aliphatic heterocycles. The Balaban J connectivity index is 2.09. The van der Waals surface area contributed by atoms with E-state index in [0.29, 0.717) is 12.0 Å². The third-order valence-corrected chi connectivity index (χ3v) is 5.94. The molecule has 0 saturated carbocycles. The summed E-state index contributed by atoms with van der Waals surface area (Å²) in [7, 11) is 0. The van der Waals surface area contributed by atoms with Gasteiger partial charge in [-0.05, 0) is 55.0 Å². The number of rotatable bonds is 4. The summed E-state index contributed by atoms with van der Waals surface area (Å²) >= 11 is -1.26. The van der Waals surface area contributed by atoms with Gasteiger partial charge in [0.25, 0.3) is 0 Å². The summed E-state index contributed by atoms with van der Waals surface area (Å²) in [5.74, 6) is 1.43. The summed E-state index contributed by atoms with van der Waals surface area (Å²) < 4.78 is 16.8. The average molecular weight is 307 g/mol. The van der Waals surface area contributed by atoms with Gasteiger partial charge in [0.2, 0.25) is 11.1 Å². The van der Waals surface area contributed by atoms with Crippen molar-refractivity contribution in [1.29, 1.82) is 0 Å². The van der Waals surface area contributed by atoms with Gasteiger partial charge in [-0.25, -0.2) is 4.21 Å². The molecule has 2 aliphatic rings. The largest absolute Gasteiger partial charge is 0.401 e. The fraction of sp³-hybridized carbons (Fsp3) is 0.647. The quantitative estimate of drug-likeness (QED) is 0.929. The molecule has 3 nitrogen and oxygen atoms in total. The van der Waals surface area contributed by atoms with E-state index in [1.165, 1.54) is 24.0 Å². The molecular formula is C17H25NO2S. The van der Waals surface area contributed by atoms with Gasteiger partial charge in [-0.15, -0.1) is 0 Å². The zero-order valence-electron chi connectivity index (χ0n) is 13.1. The zero-order valence-corrected chi connectivity index (χ0v) is 14.0. The Kier molecular flexibility index (Phi) is 4.10. The van der Waals surface area contributed by atoms with Crippen LogP contribution in [0.1, 0.15) is 44.2 Å². The number of nitrogens with one attached hydrogen (secondary N) is 1. The highest BCUT2D eigenvalue weighted by Gasteiger charge is 2.48. The van der Waals surface area contributed by atoms with Crippen molar-refractivity contribution in [2.75, 3.05) is 12.8 Å². The molecule has 1 aromatic carbocycles. The molecule has 1 fully saturated rings. The van der Waals surface area contributed by atoms with Crippen LogP contribution in [-0.2, 0) is 22.9 Å². The lowest BCUT2D eigenvalue weighted by Gasteiger charge is -2.53. The maximum absolute atomic E-state index is 11.3. The molecule has 0 radical (unpaired) electrons. The lowest BCUT2D eigenvalue weighted by Crippen LogP contribution is -2.58. The monoisotopic (exact) mass is 307 g/mol. The van der Waals surface area contributed by atoms with Gasteiger partial charge >= 0.3 is 0 Å². The van der Waals surface area contributed by atoms with E-state index in [-0.39, 0.29) is 5.41 Å². The summed E-state index contributed by atoms with van der Waals surface area (Å²) in [5, 5.41) is 3.72. The molecule has 21 heavy (non-hydrogen) atoms. The van der Waals surface area contributed by atoms with E-state index in [9.17, 15) is 4.21 Å². The van der Waals surface area contributed by atoms with Crippen LogP contribution in [0.3, 0.4) is 0 Å². The van der Waals surface area contributed by atoms with Crippen LogP contribution in [0.5, 0.6) is 5.75 Å². The van der Waals surface area contributed by atoms with E-state index >= 15 is 0 Å². The molecule has 0 aromatic heterocycles. The molecule has 1 saturated heterocycles. The Labute approximate surface area is 130 Å². The first kappa shape index (κ1) is 15.0. The van der Waals surface area contributed by atoms with E-state index in [4.69, 9.17) is 4.18 Å². The second-order valence-electron chi connectivity index (χ2n) is 6.34.